The normalized spacial score (nSPS) is 31.9. The predicted octanol–water partition coefficient (Wildman–Crippen LogP) is -2.92. The van der Waals surface area contributed by atoms with Gasteiger partial charge < -0.3 is 31.5 Å². The molecular weight excluding hydrogens is 208 g/mol. The van der Waals surface area contributed by atoms with Crippen LogP contribution < -0.4 is 21.3 Å². The molecule has 0 aromatic heterocycles. The van der Waals surface area contributed by atoms with E-state index < -0.39 is 0 Å². The molecule has 6 N–H and O–H groups in total. The third-order valence-electron chi connectivity index (χ3n) is 2.48. The first-order chi connectivity index (χ1) is 7.79. The molecule has 0 aliphatic carbocycles. The van der Waals surface area contributed by atoms with Crippen LogP contribution >= 0.6 is 0 Å². The average Bonchev–Trinajstić information content (AvgIpc) is 2.27. The van der Waals surface area contributed by atoms with Crippen molar-refractivity contribution in [2.45, 2.75) is 12.2 Å². The second kappa shape index (κ2) is 8.86. The zero-order valence-electron chi connectivity index (χ0n) is 9.71. The summed E-state index contributed by atoms with van der Waals surface area (Å²) in [6, 6.07) is 0. The Hall–Kier alpha value is -0.240. The lowest BCUT2D eigenvalue weighted by Crippen LogP contribution is -2.43. The van der Waals surface area contributed by atoms with Gasteiger partial charge in [-0.25, -0.2) is 0 Å². The first kappa shape index (κ1) is 13.8. The molecule has 0 aromatic carbocycles. The first-order valence-corrected chi connectivity index (χ1v) is 5.98. The fraction of sp³-hybridized carbons (Fsp3) is 1.00. The van der Waals surface area contributed by atoms with Gasteiger partial charge in [0.15, 0.2) is 0 Å². The van der Waals surface area contributed by atoms with Crippen molar-refractivity contribution in [1.29, 1.82) is 0 Å². The number of aliphatic hydroxyl groups excluding tert-OH is 2. The van der Waals surface area contributed by atoms with Crippen molar-refractivity contribution in [2.24, 2.45) is 0 Å². The molecule has 0 saturated carbocycles. The monoisotopic (exact) mass is 232 g/mol. The van der Waals surface area contributed by atoms with Crippen molar-refractivity contribution >= 4 is 0 Å². The van der Waals surface area contributed by atoms with Gasteiger partial charge in [-0.2, -0.15) is 0 Å². The van der Waals surface area contributed by atoms with E-state index >= 15 is 0 Å². The molecule has 1 rings (SSSR count). The third kappa shape index (κ3) is 7.10. The number of β-amino-alcohol motifs (C(OH)–C–C–N with tert-alkyl or cyclic N) is 2. The molecule has 6 heteroatoms. The topological polar surface area (TPSA) is 88.6 Å². The molecule has 0 radical (unpaired) electrons. The summed E-state index contributed by atoms with van der Waals surface area (Å²) in [7, 11) is 0. The van der Waals surface area contributed by atoms with Crippen LogP contribution in [0, 0.1) is 0 Å². The van der Waals surface area contributed by atoms with Gasteiger partial charge in [-0.3, -0.25) is 0 Å². The summed E-state index contributed by atoms with van der Waals surface area (Å²) in [4.78, 5) is 0. The highest BCUT2D eigenvalue weighted by molar-refractivity contribution is 4.68. The average molecular weight is 232 g/mol. The molecule has 0 bridgehead atoms. The molecule has 16 heavy (non-hydrogen) atoms. The molecule has 1 fully saturated rings. The van der Waals surface area contributed by atoms with Crippen molar-refractivity contribution in [3.05, 3.63) is 0 Å². The highest BCUT2D eigenvalue weighted by Crippen LogP contribution is 1.80. The highest BCUT2D eigenvalue weighted by atomic mass is 16.3. The van der Waals surface area contributed by atoms with E-state index in [1.807, 2.05) is 0 Å². The molecule has 0 spiro atoms. The Bertz CT molecular complexity index is 137. The zero-order valence-corrected chi connectivity index (χ0v) is 9.71. The Kier molecular flexibility index (Phi) is 7.65. The smallest absolute Gasteiger partial charge is 0.0788 e. The lowest BCUT2D eigenvalue weighted by molar-refractivity contribution is 0.159. The van der Waals surface area contributed by atoms with Crippen LogP contribution in [-0.4, -0.2) is 74.8 Å². The van der Waals surface area contributed by atoms with Crippen LogP contribution in [0.4, 0.5) is 0 Å². The molecule has 1 aliphatic heterocycles. The molecule has 0 aromatic rings. The van der Waals surface area contributed by atoms with Crippen molar-refractivity contribution in [3.8, 4) is 0 Å². The van der Waals surface area contributed by atoms with Gasteiger partial charge in [0.1, 0.15) is 0 Å². The van der Waals surface area contributed by atoms with E-state index in [2.05, 4.69) is 21.3 Å². The predicted molar refractivity (Wildman–Crippen MR) is 63.5 cm³/mol. The molecule has 6 nitrogen and oxygen atoms in total. The summed E-state index contributed by atoms with van der Waals surface area (Å²) in [6.45, 7) is 5.62. The third-order valence-corrected chi connectivity index (χ3v) is 2.48. The minimum atomic E-state index is -0.339. The molecule has 1 heterocycles. The van der Waals surface area contributed by atoms with Crippen molar-refractivity contribution in [3.63, 3.8) is 0 Å². The van der Waals surface area contributed by atoms with Gasteiger partial charge in [0, 0.05) is 52.4 Å². The van der Waals surface area contributed by atoms with Crippen LogP contribution in [0.15, 0.2) is 0 Å². The van der Waals surface area contributed by atoms with Crippen molar-refractivity contribution in [2.75, 3.05) is 52.4 Å². The summed E-state index contributed by atoms with van der Waals surface area (Å²) >= 11 is 0. The number of hydrogen-bond donors (Lipinski definition) is 6. The van der Waals surface area contributed by atoms with Gasteiger partial charge in [0.25, 0.3) is 0 Å². The molecule has 0 atom stereocenters. The maximum atomic E-state index is 9.56. The fourth-order valence-corrected chi connectivity index (χ4v) is 1.57. The number of rotatable bonds is 0. The van der Waals surface area contributed by atoms with Crippen LogP contribution in [0.2, 0.25) is 0 Å². The van der Waals surface area contributed by atoms with Crippen LogP contribution in [-0.2, 0) is 0 Å². The number of aliphatic hydroxyl groups is 2. The van der Waals surface area contributed by atoms with Gasteiger partial charge >= 0.3 is 0 Å². The second-order valence-corrected chi connectivity index (χ2v) is 4.12. The van der Waals surface area contributed by atoms with Crippen LogP contribution in [0.25, 0.3) is 0 Å². The summed E-state index contributed by atoms with van der Waals surface area (Å²) < 4.78 is 0. The Morgan fingerprint density at radius 1 is 0.562 bits per heavy atom. The minimum Gasteiger partial charge on any atom is -0.390 e. The van der Waals surface area contributed by atoms with E-state index in [0.29, 0.717) is 26.2 Å². The van der Waals surface area contributed by atoms with Gasteiger partial charge in [-0.1, -0.05) is 0 Å². The zero-order chi connectivity index (χ0) is 11.6. The van der Waals surface area contributed by atoms with Crippen LogP contribution in [0.1, 0.15) is 0 Å². The Morgan fingerprint density at radius 3 is 1.06 bits per heavy atom. The molecule has 1 aliphatic rings. The number of hydrogen-bond acceptors (Lipinski definition) is 6. The summed E-state index contributed by atoms with van der Waals surface area (Å²) in [5.41, 5.74) is 0. The standard InChI is InChI=1S/C10H24N4O2/c15-9-5-11-1-2-12-6-10(16)8-14-4-3-13-7-9/h9-16H,1-8H2. The Balaban J connectivity index is 2.18. The number of nitrogens with one attached hydrogen (secondary N) is 4. The molecule has 96 valence electrons. The van der Waals surface area contributed by atoms with Crippen LogP contribution in [0.3, 0.4) is 0 Å². The molecule has 0 unspecified atom stereocenters. The Morgan fingerprint density at radius 2 is 0.812 bits per heavy atom. The van der Waals surface area contributed by atoms with Gasteiger partial charge in [0.05, 0.1) is 12.2 Å². The van der Waals surface area contributed by atoms with Gasteiger partial charge in [-0.15, -0.1) is 0 Å². The molecular formula is C10H24N4O2. The van der Waals surface area contributed by atoms with E-state index in [4.69, 9.17) is 0 Å². The second-order valence-electron chi connectivity index (χ2n) is 4.12. The summed E-state index contributed by atoms with van der Waals surface area (Å²) in [5, 5.41) is 31.7. The minimum absolute atomic E-state index is 0.339. The lowest BCUT2D eigenvalue weighted by atomic mass is 10.3. The van der Waals surface area contributed by atoms with E-state index in [0.717, 1.165) is 26.2 Å². The maximum absolute atomic E-state index is 9.56. The van der Waals surface area contributed by atoms with Crippen molar-refractivity contribution in [1.82, 2.24) is 21.3 Å². The fourth-order valence-electron chi connectivity index (χ4n) is 1.57. The summed E-state index contributed by atoms with van der Waals surface area (Å²) in [6.07, 6.45) is -0.679. The molecule has 1 saturated heterocycles. The van der Waals surface area contributed by atoms with Crippen LogP contribution in [0.5, 0.6) is 0 Å². The largest absolute Gasteiger partial charge is 0.390 e. The van der Waals surface area contributed by atoms with E-state index in [-0.39, 0.29) is 12.2 Å². The van der Waals surface area contributed by atoms with Gasteiger partial charge in [0.2, 0.25) is 0 Å². The lowest BCUT2D eigenvalue weighted by Gasteiger charge is -2.16. The highest BCUT2D eigenvalue weighted by Gasteiger charge is 2.05. The maximum Gasteiger partial charge on any atom is 0.0788 e. The SMILES string of the molecule is OC1CNCCNCC(O)CNCCNC1. The quantitative estimate of drug-likeness (QED) is 0.268. The summed E-state index contributed by atoms with van der Waals surface area (Å²) in [5.74, 6) is 0. The Labute approximate surface area is 96.8 Å². The van der Waals surface area contributed by atoms with Crippen molar-refractivity contribution < 1.29 is 10.2 Å². The first-order valence-electron chi connectivity index (χ1n) is 5.98. The molecule has 0 amide bonds. The van der Waals surface area contributed by atoms with E-state index in [1.165, 1.54) is 0 Å². The van der Waals surface area contributed by atoms with E-state index in [9.17, 15) is 10.2 Å². The van der Waals surface area contributed by atoms with Gasteiger partial charge in [-0.05, 0) is 0 Å². The van der Waals surface area contributed by atoms with E-state index in [1.54, 1.807) is 0 Å².